The molecule has 2 aromatic rings. The molecular weight excluding hydrogens is 324 g/mol. The number of hydrogen-bond acceptors (Lipinski definition) is 4. The molecule has 1 unspecified atom stereocenters. The normalized spacial score (nSPS) is 19.0. The number of rotatable bonds is 4. The first kappa shape index (κ1) is 16.4. The van der Waals surface area contributed by atoms with Crippen LogP contribution in [0.4, 0.5) is 5.69 Å². The van der Waals surface area contributed by atoms with Gasteiger partial charge in [0.15, 0.2) is 5.78 Å². The van der Waals surface area contributed by atoms with Gasteiger partial charge in [-0.2, -0.15) is 0 Å². The number of carbonyl (C=O) groups excluding carboxylic acids is 1. The Bertz CT molecular complexity index is 899. The summed E-state index contributed by atoms with van der Waals surface area (Å²) in [6, 6.07) is 17.0. The lowest BCUT2D eigenvalue weighted by atomic mass is 10.0. The summed E-state index contributed by atoms with van der Waals surface area (Å²) in [6.07, 6.45) is 9.98. The fourth-order valence-corrected chi connectivity index (χ4v) is 3.26. The Hall–Kier alpha value is -3.11. The molecule has 0 spiro atoms. The first-order valence-electron chi connectivity index (χ1n) is 8.69. The topological polar surface area (TPSA) is 43.8 Å². The van der Waals surface area contributed by atoms with E-state index in [9.17, 15) is 9.90 Å². The molecule has 2 aliphatic heterocycles. The molecule has 0 aromatic heterocycles. The maximum atomic E-state index is 12.7. The summed E-state index contributed by atoms with van der Waals surface area (Å²) in [5.41, 5.74) is 3.32. The number of aliphatic hydroxyl groups is 1. The van der Waals surface area contributed by atoms with Crippen molar-refractivity contribution < 1.29 is 9.90 Å². The van der Waals surface area contributed by atoms with E-state index in [1.165, 1.54) is 0 Å². The van der Waals surface area contributed by atoms with Crippen molar-refractivity contribution in [2.75, 3.05) is 11.4 Å². The number of anilines is 1. The third-order valence-electron chi connectivity index (χ3n) is 4.63. The SMILES string of the molecule is O=C(c1ccccc1)c1cccc(N2C=CC=C(N3C=CCC3O)C2)c1. The van der Waals surface area contributed by atoms with Crippen LogP contribution < -0.4 is 4.90 Å². The van der Waals surface area contributed by atoms with Crippen LogP contribution >= 0.6 is 0 Å². The summed E-state index contributed by atoms with van der Waals surface area (Å²) in [6.45, 7) is 0.640. The van der Waals surface area contributed by atoms with Crippen LogP contribution in [0.15, 0.2) is 90.9 Å². The minimum absolute atomic E-state index is 0.0158. The van der Waals surface area contributed by atoms with E-state index >= 15 is 0 Å². The molecule has 0 bridgehead atoms. The van der Waals surface area contributed by atoms with Crippen molar-refractivity contribution in [2.45, 2.75) is 12.6 Å². The Kier molecular flexibility index (Phi) is 4.42. The van der Waals surface area contributed by atoms with Crippen molar-refractivity contribution >= 4 is 11.5 Å². The number of ketones is 1. The highest BCUT2D eigenvalue weighted by Crippen LogP contribution is 2.26. The summed E-state index contributed by atoms with van der Waals surface area (Å²) in [7, 11) is 0. The van der Waals surface area contributed by atoms with Crippen LogP contribution in [0, 0.1) is 0 Å². The second-order valence-electron chi connectivity index (χ2n) is 6.38. The van der Waals surface area contributed by atoms with Gasteiger partial charge in [0.1, 0.15) is 6.23 Å². The molecule has 4 rings (SSSR count). The quantitative estimate of drug-likeness (QED) is 0.860. The van der Waals surface area contributed by atoms with Crippen LogP contribution in [0.1, 0.15) is 22.3 Å². The molecule has 2 aliphatic rings. The Labute approximate surface area is 153 Å². The van der Waals surface area contributed by atoms with Crippen molar-refractivity contribution in [1.82, 2.24) is 4.90 Å². The van der Waals surface area contributed by atoms with Gasteiger partial charge in [-0.05, 0) is 24.3 Å². The average molecular weight is 344 g/mol. The van der Waals surface area contributed by atoms with Crippen LogP contribution in [0.2, 0.25) is 0 Å². The number of allylic oxidation sites excluding steroid dienone is 2. The molecule has 0 saturated heterocycles. The van der Waals surface area contributed by atoms with E-state index < -0.39 is 6.23 Å². The smallest absolute Gasteiger partial charge is 0.193 e. The molecule has 1 atom stereocenters. The zero-order valence-electron chi connectivity index (χ0n) is 14.3. The van der Waals surface area contributed by atoms with Crippen molar-refractivity contribution in [1.29, 1.82) is 0 Å². The predicted octanol–water partition coefficient (Wildman–Crippen LogP) is 3.67. The van der Waals surface area contributed by atoms with E-state index in [0.717, 1.165) is 11.4 Å². The second kappa shape index (κ2) is 7.02. The number of benzene rings is 2. The van der Waals surface area contributed by atoms with Gasteiger partial charge in [-0.3, -0.25) is 4.79 Å². The highest BCUT2D eigenvalue weighted by atomic mass is 16.3. The van der Waals surface area contributed by atoms with E-state index in [4.69, 9.17) is 0 Å². The zero-order chi connectivity index (χ0) is 17.9. The average Bonchev–Trinajstić information content (AvgIpc) is 3.14. The maximum Gasteiger partial charge on any atom is 0.193 e. The summed E-state index contributed by atoms with van der Waals surface area (Å²) in [5, 5.41) is 10.1. The van der Waals surface area contributed by atoms with E-state index in [1.807, 2.05) is 90.1 Å². The molecule has 2 aromatic carbocycles. The predicted molar refractivity (Wildman–Crippen MR) is 102 cm³/mol. The van der Waals surface area contributed by atoms with Gasteiger partial charge in [0, 0.05) is 41.3 Å². The fraction of sp³-hybridized carbons (Fsp3) is 0.136. The van der Waals surface area contributed by atoms with Gasteiger partial charge in [-0.15, -0.1) is 0 Å². The molecule has 0 amide bonds. The largest absolute Gasteiger partial charge is 0.373 e. The van der Waals surface area contributed by atoms with Crippen LogP contribution in [0.3, 0.4) is 0 Å². The molecular formula is C22H20N2O2. The molecule has 0 fully saturated rings. The first-order valence-corrected chi connectivity index (χ1v) is 8.69. The van der Waals surface area contributed by atoms with Gasteiger partial charge in [0.2, 0.25) is 0 Å². The zero-order valence-corrected chi connectivity index (χ0v) is 14.3. The molecule has 4 nitrogen and oxygen atoms in total. The van der Waals surface area contributed by atoms with Crippen molar-refractivity contribution in [3.63, 3.8) is 0 Å². The highest BCUT2D eigenvalue weighted by Gasteiger charge is 2.22. The monoisotopic (exact) mass is 344 g/mol. The number of aliphatic hydroxyl groups excluding tert-OH is 1. The summed E-state index contributed by atoms with van der Waals surface area (Å²) < 4.78 is 0. The molecule has 26 heavy (non-hydrogen) atoms. The van der Waals surface area contributed by atoms with Crippen LogP contribution in [-0.2, 0) is 0 Å². The van der Waals surface area contributed by atoms with Gasteiger partial charge < -0.3 is 14.9 Å². The third kappa shape index (κ3) is 3.19. The summed E-state index contributed by atoms with van der Waals surface area (Å²) in [4.78, 5) is 16.7. The Morgan fingerprint density at radius 3 is 2.58 bits per heavy atom. The second-order valence-corrected chi connectivity index (χ2v) is 6.38. The standard InChI is InChI=1S/C22H20N2O2/c25-21-12-6-14-24(21)20-11-5-13-23(16-20)19-10-4-9-18(15-19)22(26)17-7-2-1-3-8-17/h1-11,13-15,21,25H,12,16H2. The van der Waals surface area contributed by atoms with Crippen molar-refractivity contribution in [2.24, 2.45) is 0 Å². The Morgan fingerprint density at radius 1 is 1.00 bits per heavy atom. The third-order valence-corrected chi connectivity index (χ3v) is 4.63. The molecule has 130 valence electrons. The van der Waals surface area contributed by atoms with Crippen molar-refractivity contribution in [3.8, 4) is 0 Å². The summed E-state index contributed by atoms with van der Waals surface area (Å²) in [5.74, 6) is 0.0158. The lowest BCUT2D eigenvalue weighted by molar-refractivity contribution is 0.0751. The van der Waals surface area contributed by atoms with Crippen LogP contribution in [0.25, 0.3) is 0 Å². The lowest BCUT2D eigenvalue weighted by Crippen LogP contribution is -2.33. The van der Waals surface area contributed by atoms with E-state index in [2.05, 4.69) is 4.90 Å². The van der Waals surface area contributed by atoms with Gasteiger partial charge >= 0.3 is 0 Å². The lowest BCUT2D eigenvalue weighted by Gasteiger charge is -2.31. The van der Waals surface area contributed by atoms with Gasteiger partial charge in [0.25, 0.3) is 0 Å². The number of carbonyl (C=O) groups is 1. The highest BCUT2D eigenvalue weighted by molar-refractivity contribution is 6.09. The minimum atomic E-state index is -0.499. The fourth-order valence-electron chi connectivity index (χ4n) is 3.26. The van der Waals surface area contributed by atoms with Gasteiger partial charge in [-0.1, -0.05) is 48.5 Å². The molecule has 0 radical (unpaired) electrons. The number of nitrogens with zero attached hydrogens (tertiary/aromatic N) is 2. The summed E-state index contributed by atoms with van der Waals surface area (Å²) >= 11 is 0. The molecule has 0 aliphatic carbocycles. The van der Waals surface area contributed by atoms with Crippen LogP contribution in [-0.4, -0.2) is 28.6 Å². The minimum Gasteiger partial charge on any atom is -0.373 e. The van der Waals surface area contributed by atoms with Gasteiger partial charge in [-0.25, -0.2) is 0 Å². The first-order chi connectivity index (χ1) is 12.7. The Morgan fingerprint density at radius 2 is 1.81 bits per heavy atom. The number of hydrogen-bond donors (Lipinski definition) is 1. The van der Waals surface area contributed by atoms with Gasteiger partial charge in [0.05, 0.1) is 6.54 Å². The molecule has 4 heteroatoms. The van der Waals surface area contributed by atoms with Crippen LogP contribution in [0.5, 0.6) is 0 Å². The van der Waals surface area contributed by atoms with E-state index in [1.54, 1.807) is 0 Å². The van der Waals surface area contributed by atoms with E-state index in [-0.39, 0.29) is 5.78 Å². The molecule has 1 N–H and O–H groups in total. The molecule has 2 heterocycles. The maximum absolute atomic E-state index is 12.7. The van der Waals surface area contributed by atoms with Crippen molar-refractivity contribution in [3.05, 3.63) is 102 Å². The molecule has 0 saturated carbocycles. The van der Waals surface area contributed by atoms with E-state index in [0.29, 0.717) is 24.1 Å². The Balaban J connectivity index is 1.56.